The standard InChI is InChI=1S/C20H17N5O/c26-20(14-24-12-11-21-15-24)22-19-13-18(16-7-3-1-4-8-16)23-25(19)17-9-5-2-6-10-17/h1-13,15H,14H2,(H,22,26). The molecule has 1 N–H and O–H groups in total. The van der Waals surface area contributed by atoms with Gasteiger partial charge in [-0.3, -0.25) is 4.79 Å². The number of carbonyl (C=O) groups is 1. The summed E-state index contributed by atoms with van der Waals surface area (Å²) < 4.78 is 3.46. The average molecular weight is 343 g/mol. The lowest BCUT2D eigenvalue weighted by Crippen LogP contribution is -2.19. The first-order valence-corrected chi connectivity index (χ1v) is 8.26. The molecular weight excluding hydrogens is 326 g/mol. The molecule has 0 unspecified atom stereocenters. The molecule has 0 atom stereocenters. The Morgan fingerprint density at radius 3 is 2.42 bits per heavy atom. The van der Waals surface area contributed by atoms with Gasteiger partial charge in [0.05, 0.1) is 17.7 Å². The number of nitrogens with zero attached hydrogens (tertiary/aromatic N) is 4. The maximum Gasteiger partial charge on any atom is 0.245 e. The predicted octanol–water partition coefficient (Wildman–Crippen LogP) is 3.37. The normalized spacial score (nSPS) is 10.6. The second kappa shape index (κ2) is 7.06. The Morgan fingerprint density at radius 1 is 1.00 bits per heavy atom. The highest BCUT2D eigenvalue weighted by Gasteiger charge is 2.13. The van der Waals surface area contributed by atoms with E-state index in [-0.39, 0.29) is 12.5 Å². The van der Waals surface area contributed by atoms with Gasteiger partial charge in [-0.15, -0.1) is 0 Å². The maximum absolute atomic E-state index is 12.4. The lowest BCUT2D eigenvalue weighted by Gasteiger charge is -2.09. The van der Waals surface area contributed by atoms with Crippen LogP contribution in [-0.4, -0.2) is 25.2 Å². The Morgan fingerprint density at radius 2 is 1.73 bits per heavy atom. The molecule has 0 aliphatic carbocycles. The molecule has 2 heterocycles. The molecule has 6 heteroatoms. The van der Waals surface area contributed by atoms with Crippen LogP contribution in [0.3, 0.4) is 0 Å². The van der Waals surface area contributed by atoms with Crippen LogP contribution in [0.15, 0.2) is 85.5 Å². The second-order valence-corrected chi connectivity index (χ2v) is 5.81. The molecule has 6 nitrogen and oxygen atoms in total. The summed E-state index contributed by atoms with van der Waals surface area (Å²) in [5, 5.41) is 7.63. The Kier molecular flexibility index (Phi) is 4.30. The quantitative estimate of drug-likeness (QED) is 0.604. The van der Waals surface area contributed by atoms with Crippen LogP contribution in [-0.2, 0) is 11.3 Å². The van der Waals surface area contributed by atoms with Crippen molar-refractivity contribution in [2.45, 2.75) is 6.54 Å². The van der Waals surface area contributed by atoms with Gasteiger partial charge in [-0.25, -0.2) is 9.67 Å². The minimum atomic E-state index is -0.139. The molecule has 0 aliphatic heterocycles. The van der Waals surface area contributed by atoms with Crippen LogP contribution in [0, 0.1) is 0 Å². The first-order chi connectivity index (χ1) is 12.8. The van der Waals surface area contributed by atoms with Gasteiger partial charge < -0.3 is 9.88 Å². The molecule has 0 spiro atoms. The third-order valence-corrected chi connectivity index (χ3v) is 3.93. The zero-order valence-corrected chi connectivity index (χ0v) is 14.0. The molecule has 2 aromatic heterocycles. The molecule has 1 amide bonds. The van der Waals surface area contributed by atoms with Gasteiger partial charge in [0.2, 0.25) is 5.91 Å². The highest BCUT2D eigenvalue weighted by molar-refractivity contribution is 5.90. The van der Waals surface area contributed by atoms with Crippen LogP contribution in [0.1, 0.15) is 0 Å². The van der Waals surface area contributed by atoms with Crippen molar-refractivity contribution in [3.05, 3.63) is 85.5 Å². The number of hydrogen-bond acceptors (Lipinski definition) is 3. The van der Waals surface area contributed by atoms with E-state index in [0.717, 1.165) is 16.9 Å². The second-order valence-electron chi connectivity index (χ2n) is 5.81. The molecule has 4 rings (SSSR count). The van der Waals surface area contributed by atoms with E-state index in [1.807, 2.05) is 66.7 Å². The summed E-state index contributed by atoms with van der Waals surface area (Å²) in [7, 11) is 0. The van der Waals surface area contributed by atoms with Gasteiger partial charge in [0.1, 0.15) is 12.4 Å². The summed E-state index contributed by atoms with van der Waals surface area (Å²) in [5.74, 6) is 0.486. The number of aromatic nitrogens is 4. The fourth-order valence-electron chi connectivity index (χ4n) is 2.71. The van der Waals surface area contributed by atoms with Crippen molar-refractivity contribution < 1.29 is 4.79 Å². The van der Waals surface area contributed by atoms with E-state index < -0.39 is 0 Å². The molecular formula is C20H17N5O. The molecule has 0 bridgehead atoms. The highest BCUT2D eigenvalue weighted by atomic mass is 16.2. The zero-order valence-electron chi connectivity index (χ0n) is 14.0. The number of benzene rings is 2. The lowest BCUT2D eigenvalue weighted by molar-refractivity contribution is -0.116. The molecule has 0 saturated heterocycles. The van der Waals surface area contributed by atoms with Crippen molar-refractivity contribution in [2.24, 2.45) is 0 Å². The van der Waals surface area contributed by atoms with Crippen molar-refractivity contribution in [1.29, 1.82) is 0 Å². The summed E-state index contributed by atoms with van der Waals surface area (Å²) in [6.07, 6.45) is 5.02. The number of para-hydroxylation sites is 1. The molecule has 26 heavy (non-hydrogen) atoms. The maximum atomic E-state index is 12.4. The zero-order chi connectivity index (χ0) is 17.8. The van der Waals surface area contributed by atoms with Gasteiger partial charge >= 0.3 is 0 Å². The third-order valence-electron chi connectivity index (χ3n) is 3.93. The minimum Gasteiger partial charge on any atom is -0.328 e. The Bertz CT molecular complexity index is 991. The first-order valence-electron chi connectivity index (χ1n) is 8.26. The van der Waals surface area contributed by atoms with E-state index in [4.69, 9.17) is 0 Å². The number of anilines is 1. The molecule has 0 fully saturated rings. The summed E-state index contributed by atoms with van der Waals surface area (Å²) in [6, 6.07) is 21.5. The number of imidazole rings is 1. The van der Waals surface area contributed by atoms with Crippen LogP contribution in [0.25, 0.3) is 16.9 Å². The number of nitrogens with one attached hydrogen (secondary N) is 1. The number of rotatable bonds is 5. The average Bonchev–Trinajstić information content (AvgIpc) is 3.33. The number of amides is 1. The summed E-state index contributed by atoms with van der Waals surface area (Å²) in [4.78, 5) is 16.4. The van der Waals surface area contributed by atoms with Crippen LogP contribution < -0.4 is 5.32 Å². The van der Waals surface area contributed by atoms with Gasteiger partial charge in [0.15, 0.2) is 0 Å². The van der Waals surface area contributed by atoms with Crippen molar-refractivity contribution in [3.63, 3.8) is 0 Å². The Balaban J connectivity index is 1.67. The van der Waals surface area contributed by atoms with E-state index >= 15 is 0 Å². The number of hydrogen-bond donors (Lipinski definition) is 1. The van der Waals surface area contributed by atoms with Crippen LogP contribution in [0.4, 0.5) is 5.82 Å². The van der Waals surface area contributed by atoms with Gasteiger partial charge in [-0.2, -0.15) is 5.10 Å². The van der Waals surface area contributed by atoms with E-state index in [1.54, 1.807) is 28.0 Å². The molecule has 2 aromatic carbocycles. The largest absolute Gasteiger partial charge is 0.328 e. The smallest absolute Gasteiger partial charge is 0.245 e. The summed E-state index contributed by atoms with van der Waals surface area (Å²) in [5.41, 5.74) is 2.67. The van der Waals surface area contributed by atoms with E-state index in [9.17, 15) is 4.79 Å². The van der Waals surface area contributed by atoms with Crippen molar-refractivity contribution in [1.82, 2.24) is 19.3 Å². The van der Waals surface area contributed by atoms with Gasteiger partial charge in [-0.1, -0.05) is 48.5 Å². The van der Waals surface area contributed by atoms with Crippen LogP contribution >= 0.6 is 0 Å². The molecule has 0 saturated carbocycles. The van der Waals surface area contributed by atoms with E-state index in [0.29, 0.717) is 5.82 Å². The fraction of sp³-hybridized carbons (Fsp3) is 0.0500. The monoisotopic (exact) mass is 343 g/mol. The number of carbonyl (C=O) groups excluding carboxylic acids is 1. The van der Waals surface area contributed by atoms with Crippen molar-refractivity contribution in [2.75, 3.05) is 5.32 Å². The molecule has 128 valence electrons. The Hall–Kier alpha value is -3.67. The van der Waals surface area contributed by atoms with Crippen molar-refractivity contribution in [3.8, 4) is 16.9 Å². The van der Waals surface area contributed by atoms with Crippen LogP contribution in [0.5, 0.6) is 0 Å². The first kappa shape index (κ1) is 15.8. The van der Waals surface area contributed by atoms with Gasteiger partial charge in [-0.05, 0) is 12.1 Å². The van der Waals surface area contributed by atoms with E-state index in [1.165, 1.54) is 0 Å². The SMILES string of the molecule is O=C(Cn1ccnc1)Nc1cc(-c2ccccc2)nn1-c1ccccc1. The fourth-order valence-corrected chi connectivity index (χ4v) is 2.71. The molecule has 4 aromatic rings. The predicted molar refractivity (Wildman–Crippen MR) is 99.9 cm³/mol. The van der Waals surface area contributed by atoms with Crippen molar-refractivity contribution >= 4 is 11.7 Å². The molecule has 0 radical (unpaired) electrons. The Labute approximate surface area is 150 Å². The van der Waals surface area contributed by atoms with Gasteiger partial charge in [0.25, 0.3) is 0 Å². The highest BCUT2D eigenvalue weighted by Crippen LogP contribution is 2.24. The summed E-state index contributed by atoms with van der Waals surface area (Å²) >= 11 is 0. The topological polar surface area (TPSA) is 64.7 Å². The van der Waals surface area contributed by atoms with Crippen LogP contribution in [0.2, 0.25) is 0 Å². The third kappa shape index (κ3) is 3.39. The molecule has 0 aliphatic rings. The van der Waals surface area contributed by atoms with Gasteiger partial charge in [0, 0.05) is 24.0 Å². The summed E-state index contributed by atoms with van der Waals surface area (Å²) in [6.45, 7) is 0.195. The lowest BCUT2D eigenvalue weighted by atomic mass is 10.2. The van der Waals surface area contributed by atoms with E-state index in [2.05, 4.69) is 15.4 Å². The minimum absolute atomic E-state index is 0.139.